The maximum Gasteiger partial charge on any atom is 0.335 e. The number of halogens is 1. The standard InChI is InChI=1S/C14H19FN2O4/c1-21-8-4-2-3-7-16-14(20)17-12-6-5-10(13(18)19)9-11(12)15/h5-6,9H,2-4,7-8H2,1H3,(H,18,19)(H2,16,17,20). The molecule has 0 aromatic heterocycles. The molecule has 0 fully saturated rings. The van der Waals surface area contributed by atoms with Crippen LogP contribution >= 0.6 is 0 Å². The molecule has 0 spiro atoms. The van der Waals surface area contributed by atoms with Gasteiger partial charge in [-0.3, -0.25) is 0 Å². The first-order valence-corrected chi connectivity index (χ1v) is 6.61. The van der Waals surface area contributed by atoms with Crippen LogP contribution in [-0.2, 0) is 4.74 Å². The molecule has 0 atom stereocenters. The lowest BCUT2D eigenvalue weighted by molar-refractivity contribution is 0.0696. The van der Waals surface area contributed by atoms with E-state index in [1.54, 1.807) is 7.11 Å². The highest BCUT2D eigenvalue weighted by Crippen LogP contribution is 2.15. The van der Waals surface area contributed by atoms with Gasteiger partial charge in [0, 0.05) is 20.3 Å². The number of ether oxygens (including phenoxy) is 1. The average Bonchev–Trinajstić information content (AvgIpc) is 2.44. The first-order chi connectivity index (χ1) is 10.0. The normalized spacial score (nSPS) is 10.2. The van der Waals surface area contributed by atoms with Crippen molar-refractivity contribution in [3.63, 3.8) is 0 Å². The molecule has 6 nitrogen and oxygen atoms in total. The third-order valence-electron chi connectivity index (χ3n) is 2.78. The van der Waals surface area contributed by atoms with Crippen LogP contribution in [0.25, 0.3) is 0 Å². The SMILES string of the molecule is COCCCCCNC(=O)Nc1ccc(C(=O)O)cc1F. The molecule has 1 rings (SSSR count). The van der Waals surface area contributed by atoms with Gasteiger partial charge in [-0.2, -0.15) is 0 Å². The molecule has 0 aliphatic carbocycles. The van der Waals surface area contributed by atoms with Crippen LogP contribution in [-0.4, -0.2) is 37.4 Å². The second-order valence-electron chi connectivity index (χ2n) is 4.43. The molecule has 0 aliphatic heterocycles. The number of aromatic carboxylic acids is 1. The van der Waals surface area contributed by atoms with Gasteiger partial charge in [-0.15, -0.1) is 0 Å². The van der Waals surface area contributed by atoms with Crippen molar-refractivity contribution in [3.8, 4) is 0 Å². The second-order valence-corrected chi connectivity index (χ2v) is 4.43. The molecule has 3 N–H and O–H groups in total. The van der Waals surface area contributed by atoms with Gasteiger partial charge in [0.2, 0.25) is 0 Å². The Morgan fingerprint density at radius 1 is 1.29 bits per heavy atom. The summed E-state index contributed by atoms with van der Waals surface area (Å²) in [4.78, 5) is 22.2. The van der Waals surface area contributed by atoms with Crippen LogP contribution in [0.2, 0.25) is 0 Å². The van der Waals surface area contributed by atoms with Crippen LogP contribution in [0.4, 0.5) is 14.9 Å². The maximum absolute atomic E-state index is 13.6. The number of methoxy groups -OCH3 is 1. The fourth-order valence-corrected chi connectivity index (χ4v) is 1.67. The Bertz CT molecular complexity index is 494. The van der Waals surface area contributed by atoms with Crippen LogP contribution in [0.5, 0.6) is 0 Å². The van der Waals surface area contributed by atoms with E-state index in [4.69, 9.17) is 9.84 Å². The van der Waals surface area contributed by atoms with Gasteiger partial charge in [0.05, 0.1) is 11.3 Å². The summed E-state index contributed by atoms with van der Waals surface area (Å²) in [6.45, 7) is 1.16. The number of carbonyl (C=O) groups is 2. The lowest BCUT2D eigenvalue weighted by Gasteiger charge is -2.08. The summed E-state index contributed by atoms with van der Waals surface area (Å²) in [5.41, 5.74) is -0.228. The van der Waals surface area contributed by atoms with E-state index in [-0.39, 0.29) is 11.3 Å². The van der Waals surface area contributed by atoms with Crippen LogP contribution in [0, 0.1) is 5.82 Å². The van der Waals surface area contributed by atoms with Crippen LogP contribution in [0.15, 0.2) is 18.2 Å². The van der Waals surface area contributed by atoms with Crippen LogP contribution in [0.1, 0.15) is 29.6 Å². The molecule has 7 heteroatoms. The minimum atomic E-state index is -1.22. The predicted molar refractivity (Wildman–Crippen MR) is 76.1 cm³/mol. The van der Waals surface area contributed by atoms with Crippen molar-refractivity contribution in [3.05, 3.63) is 29.6 Å². The molecule has 21 heavy (non-hydrogen) atoms. The van der Waals surface area contributed by atoms with E-state index >= 15 is 0 Å². The Morgan fingerprint density at radius 3 is 2.67 bits per heavy atom. The number of nitrogens with one attached hydrogen (secondary N) is 2. The zero-order valence-electron chi connectivity index (χ0n) is 11.8. The van der Waals surface area contributed by atoms with Crippen molar-refractivity contribution in [2.45, 2.75) is 19.3 Å². The summed E-state index contributed by atoms with van der Waals surface area (Å²) in [5.74, 6) is -2.01. The number of amides is 2. The average molecular weight is 298 g/mol. The number of hydrogen-bond acceptors (Lipinski definition) is 3. The quantitative estimate of drug-likeness (QED) is 0.643. The van der Waals surface area contributed by atoms with Crippen molar-refractivity contribution in [1.82, 2.24) is 5.32 Å². The van der Waals surface area contributed by atoms with Crippen LogP contribution < -0.4 is 10.6 Å². The number of carbonyl (C=O) groups excluding carboxylic acids is 1. The fourth-order valence-electron chi connectivity index (χ4n) is 1.67. The van der Waals surface area contributed by atoms with Gasteiger partial charge in [0.15, 0.2) is 0 Å². The number of unbranched alkanes of at least 4 members (excludes halogenated alkanes) is 2. The smallest absolute Gasteiger partial charge is 0.335 e. The topological polar surface area (TPSA) is 87.7 Å². The zero-order chi connectivity index (χ0) is 15.7. The summed E-state index contributed by atoms with van der Waals surface area (Å²) in [6, 6.07) is 2.79. The number of carboxylic acids is 1. The zero-order valence-corrected chi connectivity index (χ0v) is 11.8. The Kier molecular flexibility index (Phi) is 7.17. The molecule has 0 saturated heterocycles. The summed E-state index contributed by atoms with van der Waals surface area (Å²) >= 11 is 0. The van der Waals surface area contributed by atoms with E-state index in [0.29, 0.717) is 13.2 Å². The first-order valence-electron chi connectivity index (χ1n) is 6.61. The summed E-state index contributed by atoms with van der Waals surface area (Å²) in [7, 11) is 1.63. The van der Waals surface area contributed by atoms with Gasteiger partial charge in [-0.1, -0.05) is 0 Å². The number of rotatable bonds is 8. The molecule has 0 unspecified atom stereocenters. The Labute approximate surface area is 122 Å². The lowest BCUT2D eigenvalue weighted by Crippen LogP contribution is -2.29. The van der Waals surface area contributed by atoms with Crippen LogP contribution in [0.3, 0.4) is 0 Å². The number of anilines is 1. The van der Waals surface area contributed by atoms with E-state index in [0.717, 1.165) is 25.3 Å². The highest BCUT2D eigenvalue weighted by atomic mass is 19.1. The van der Waals surface area contributed by atoms with Gasteiger partial charge < -0.3 is 20.5 Å². The van der Waals surface area contributed by atoms with Gasteiger partial charge in [-0.25, -0.2) is 14.0 Å². The third kappa shape index (κ3) is 6.22. The van der Waals surface area contributed by atoms with E-state index < -0.39 is 17.8 Å². The number of urea groups is 1. The molecule has 1 aromatic rings. The van der Waals surface area contributed by atoms with Crippen molar-refractivity contribution in [2.75, 3.05) is 25.6 Å². The molecular weight excluding hydrogens is 279 g/mol. The van der Waals surface area contributed by atoms with Gasteiger partial charge in [0.1, 0.15) is 5.82 Å². The van der Waals surface area contributed by atoms with Gasteiger partial charge in [-0.05, 0) is 37.5 Å². The van der Waals surface area contributed by atoms with Crippen molar-refractivity contribution in [1.29, 1.82) is 0 Å². The summed E-state index contributed by atoms with van der Waals surface area (Å²) < 4.78 is 18.5. The van der Waals surface area contributed by atoms with E-state index in [9.17, 15) is 14.0 Å². The molecule has 0 heterocycles. The van der Waals surface area contributed by atoms with E-state index in [1.165, 1.54) is 12.1 Å². The first kappa shape index (κ1) is 16.9. The van der Waals surface area contributed by atoms with E-state index in [1.807, 2.05) is 0 Å². The number of carboxylic acid groups (broad SMARTS) is 1. The fraction of sp³-hybridized carbons (Fsp3) is 0.429. The minimum absolute atomic E-state index is 0.0584. The molecular formula is C14H19FN2O4. The Hall–Kier alpha value is -2.15. The molecule has 0 radical (unpaired) electrons. The number of hydrogen-bond donors (Lipinski definition) is 3. The minimum Gasteiger partial charge on any atom is -0.478 e. The maximum atomic E-state index is 13.6. The van der Waals surface area contributed by atoms with E-state index in [2.05, 4.69) is 10.6 Å². The van der Waals surface area contributed by atoms with Gasteiger partial charge >= 0.3 is 12.0 Å². The second kappa shape index (κ2) is 8.91. The third-order valence-corrected chi connectivity index (χ3v) is 2.78. The highest BCUT2D eigenvalue weighted by molar-refractivity contribution is 5.91. The summed E-state index contributed by atoms with van der Waals surface area (Å²) in [6.07, 6.45) is 2.65. The Balaban J connectivity index is 2.36. The monoisotopic (exact) mass is 298 g/mol. The Morgan fingerprint density at radius 2 is 2.05 bits per heavy atom. The van der Waals surface area contributed by atoms with Crippen molar-refractivity contribution >= 4 is 17.7 Å². The lowest BCUT2D eigenvalue weighted by atomic mass is 10.2. The van der Waals surface area contributed by atoms with Crippen molar-refractivity contribution < 1.29 is 23.8 Å². The predicted octanol–water partition coefficient (Wildman–Crippen LogP) is 2.46. The molecule has 0 saturated carbocycles. The number of benzene rings is 1. The molecule has 1 aromatic carbocycles. The summed E-state index contributed by atoms with van der Waals surface area (Å²) in [5, 5.41) is 13.6. The molecule has 116 valence electrons. The largest absolute Gasteiger partial charge is 0.478 e. The van der Waals surface area contributed by atoms with Gasteiger partial charge in [0.25, 0.3) is 0 Å². The molecule has 0 bridgehead atoms. The molecule has 0 aliphatic rings. The molecule has 2 amide bonds. The van der Waals surface area contributed by atoms with Crippen molar-refractivity contribution in [2.24, 2.45) is 0 Å². The highest BCUT2D eigenvalue weighted by Gasteiger charge is 2.10.